The van der Waals surface area contributed by atoms with Gasteiger partial charge in [0.25, 0.3) is 5.91 Å². The first-order chi connectivity index (χ1) is 18.4. The maximum Gasteiger partial charge on any atom is 0.259 e. The van der Waals surface area contributed by atoms with Crippen molar-refractivity contribution in [2.45, 2.75) is 32.4 Å². The van der Waals surface area contributed by atoms with Gasteiger partial charge in [-0.3, -0.25) is 14.6 Å². The van der Waals surface area contributed by atoms with Crippen LogP contribution in [-0.2, 0) is 11.2 Å². The molecule has 0 aliphatic carbocycles. The van der Waals surface area contributed by atoms with Crippen molar-refractivity contribution in [1.82, 2.24) is 19.8 Å². The molecule has 4 rings (SSSR count). The monoisotopic (exact) mass is 514 g/mol. The van der Waals surface area contributed by atoms with Crippen molar-refractivity contribution in [3.63, 3.8) is 0 Å². The first-order valence-electron chi connectivity index (χ1n) is 12.8. The van der Waals surface area contributed by atoms with Crippen molar-refractivity contribution in [1.29, 1.82) is 0 Å². The second-order valence-corrected chi connectivity index (χ2v) is 9.80. The quantitative estimate of drug-likeness (QED) is 0.494. The lowest BCUT2D eigenvalue weighted by Crippen LogP contribution is -2.50. The summed E-state index contributed by atoms with van der Waals surface area (Å²) in [6.07, 6.45) is 8.73. The predicted octanol–water partition coefficient (Wildman–Crippen LogP) is 3.57. The molecule has 2 amide bonds. The van der Waals surface area contributed by atoms with Gasteiger partial charge in [0.05, 0.1) is 25.6 Å². The van der Waals surface area contributed by atoms with Crippen LogP contribution in [0.3, 0.4) is 0 Å². The molecule has 3 atom stereocenters. The summed E-state index contributed by atoms with van der Waals surface area (Å²) in [5.74, 6) is -0.182. The number of aliphatic hydroxyl groups is 1. The van der Waals surface area contributed by atoms with Crippen molar-refractivity contribution < 1.29 is 19.4 Å². The number of hydrogen-bond acceptors (Lipinski definition) is 6. The summed E-state index contributed by atoms with van der Waals surface area (Å²) >= 11 is 0. The van der Waals surface area contributed by atoms with E-state index in [-0.39, 0.29) is 42.7 Å². The zero-order valence-corrected chi connectivity index (χ0v) is 22.0. The van der Waals surface area contributed by atoms with Crippen LogP contribution in [0.5, 0.6) is 5.88 Å². The number of nitrogens with zero attached hydrogens (tertiary/aromatic N) is 4. The van der Waals surface area contributed by atoms with E-state index in [0.717, 1.165) is 16.7 Å². The van der Waals surface area contributed by atoms with E-state index in [9.17, 15) is 14.7 Å². The van der Waals surface area contributed by atoms with Gasteiger partial charge in [0, 0.05) is 38.1 Å². The average Bonchev–Trinajstić information content (AvgIpc) is 2.94. The largest absolute Gasteiger partial charge is 0.472 e. The topological polar surface area (TPSA) is 95.9 Å². The van der Waals surface area contributed by atoms with Crippen molar-refractivity contribution in [2.24, 2.45) is 5.92 Å². The van der Waals surface area contributed by atoms with E-state index in [0.29, 0.717) is 18.7 Å². The Labute approximate surface area is 223 Å². The Hall–Kier alpha value is -4.04. The first-order valence-corrected chi connectivity index (χ1v) is 12.8. The van der Waals surface area contributed by atoms with E-state index in [1.807, 2.05) is 68.5 Å². The number of carbonyl (C=O) groups excluding carboxylic acids is 2. The second-order valence-electron chi connectivity index (χ2n) is 9.80. The van der Waals surface area contributed by atoms with Gasteiger partial charge in [-0.1, -0.05) is 55.5 Å². The molecule has 1 aliphatic rings. The highest BCUT2D eigenvalue weighted by molar-refractivity contribution is 5.97. The molecule has 8 heteroatoms. The molecule has 1 aromatic carbocycles. The molecule has 0 spiro atoms. The molecule has 2 aromatic heterocycles. The van der Waals surface area contributed by atoms with Crippen LogP contribution in [0.1, 0.15) is 40.9 Å². The Morgan fingerprint density at radius 3 is 2.66 bits per heavy atom. The zero-order chi connectivity index (χ0) is 27.1. The lowest BCUT2D eigenvalue weighted by atomic mass is 9.99. The minimum absolute atomic E-state index is 0.0536. The summed E-state index contributed by atoms with van der Waals surface area (Å²) in [6.45, 7) is 4.34. The number of pyridine rings is 2. The predicted molar refractivity (Wildman–Crippen MR) is 146 cm³/mol. The molecule has 3 heterocycles. The van der Waals surface area contributed by atoms with Gasteiger partial charge in [0.2, 0.25) is 11.8 Å². The number of hydrogen-bond donors (Lipinski definition) is 1. The van der Waals surface area contributed by atoms with Gasteiger partial charge >= 0.3 is 0 Å². The van der Waals surface area contributed by atoms with Crippen LogP contribution in [0.15, 0.2) is 67.1 Å². The third kappa shape index (κ3) is 6.63. The summed E-state index contributed by atoms with van der Waals surface area (Å²) in [5, 5.41) is 9.88. The number of carbonyl (C=O) groups is 2. The van der Waals surface area contributed by atoms with Crippen LogP contribution in [0, 0.1) is 5.92 Å². The lowest BCUT2D eigenvalue weighted by Gasteiger charge is -2.37. The summed E-state index contributed by atoms with van der Waals surface area (Å²) in [6, 6.07) is 14.9. The van der Waals surface area contributed by atoms with Crippen molar-refractivity contribution in [3.8, 4) is 5.88 Å². The second kappa shape index (κ2) is 12.5. The molecule has 0 saturated carbocycles. The summed E-state index contributed by atoms with van der Waals surface area (Å²) in [4.78, 5) is 38.4. The number of aliphatic hydroxyl groups excluding tert-OH is 1. The minimum Gasteiger partial charge on any atom is -0.472 e. The highest BCUT2D eigenvalue weighted by atomic mass is 16.5. The first kappa shape index (κ1) is 27.0. The Morgan fingerprint density at radius 2 is 1.95 bits per heavy atom. The fourth-order valence-corrected chi connectivity index (χ4v) is 4.37. The number of fused-ring (bicyclic) bond motifs is 1. The fourth-order valence-electron chi connectivity index (χ4n) is 4.37. The molecular formula is C30H34N4O4. The molecule has 0 unspecified atom stereocenters. The fraction of sp³-hybridized carbons (Fsp3) is 0.333. The van der Waals surface area contributed by atoms with E-state index in [4.69, 9.17) is 4.74 Å². The molecule has 0 bridgehead atoms. The molecule has 3 aromatic rings. The molecule has 0 radical (unpaired) electrons. The highest BCUT2D eigenvalue weighted by Crippen LogP contribution is 2.28. The van der Waals surface area contributed by atoms with Crippen LogP contribution in [0.25, 0.3) is 12.2 Å². The SMILES string of the molecule is C[C@@H]1CN([C@@H](C)CO)C(=O)c2cc(C=Cc3ccccc3)cnc2O[C@H]1CN(C)C(=O)Cc1cccnc1. The zero-order valence-electron chi connectivity index (χ0n) is 22.0. The summed E-state index contributed by atoms with van der Waals surface area (Å²) < 4.78 is 6.32. The van der Waals surface area contributed by atoms with E-state index < -0.39 is 6.10 Å². The van der Waals surface area contributed by atoms with Crippen LogP contribution in [0.2, 0.25) is 0 Å². The van der Waals surface area contributed by atoms with Crippen molar-refractivity contribution in [3.05, 3.63) is 89.4 Å². The van der Waals surface area contributed by atoms with E-state index in [1.54, 1.807) is 41.5 Å². The van der Waals surface area contributed by atoms with Gasteiger partial charge in [-0.25, -0.2) is 4.98 Å². The van der Waals surface area contributed by atoms with Gasteiger partial charge in [0.1, 0.15) is 11.7 Å². The van der Waals surface area contributed by atoms with Crippen molar-refractivity contribution >= 4 is 24.0 Å². The van der Waals surface area contributed by atoms with E-state index in [2.05, 4.69) is 9.97 Å². The smallest absolute Gasteiger partial charge is 0.259 e. The third-order valence-corrected chi connectivity index (χ3v) is 6.77. The molecule has 1 aliphatic heterocycles. The number of amides is 2. The molecule has 38 heavy (non-hydrogen) atoms. The summed E-state index contributed by atoms with van der Waals surface area (Å²) in [7, 11) is 1.75. The molecular weight excluding hydrogens is 480 g/mol. The Kier molecular flexibility index (Phi) is 8.86. The van der Waals surface area contributed by atoms with Gasteiger partial charge in [-0.2, -0.15) is 0 Å². The molecule has 0 fully saturated rings. The van der Waals surface area contributed by atoms with Crippen LogP contribution in [-0.4, -0.2) is 75.6 Å². The number of benzene rings is 1. The van der Waals surface area contributed by atoms with Gasteiger partial charge in [-0.15, -0.1) is 0 Å². The van der Waals surface area contributed by atoms with Gasteiger partial charge < -0.3 is 19.6 Å². The molecule has 1 N–H and O–H groups in total. The number of likely N-dealkylation sites (N-methyl/N-ethyl adjacent to an activating group) is 1. The third-order valence-electron chi connectivity index (χ3n) is 6.77. The Morgan fingerprint density at radius 1 is 1.18 bits per heavy atom. The average molecular weight is 515 g/mol. The minimum atomic E-state index is -0.406. The molecule has 198 valence electrons. The Bertz CT molecular complexity index is 1270. The number of ether oxygens (including phenoxy) is 1. The number of rotatable bonds is 8. The highest BCUT2D eigenvalue weighted by Gasteiger charge is 2.34. The lowest BCUT2D eigenvalue weighted by molar-refractivity contribution is -0.130. The van der Waals surface area contributed by atoms with Crippen LogP contribution >= 0.6 is 0 Å². The molecule has 0 saturated heterocycles. The Balaban J connectivity index is 1.59. The maximum atomic E-state index is 13.6. The van der Waals surface area contributed by atoms with Crippen LogP contribution < -0.4 is 4.74 Å². The maximum absolute atomic E-state index is 13.6. The standard InChI is InChI=1S/C30H34N4O4/c1-21-18-34(22(2)20-35)30(37)26-14-25(12-11-23-8-5-4-6-9-23)17-32-29(26)38-27(21)19-33(3)28(36)15-24-10-7-13-31-16-24/h4-14,16-17,21-22,27,35H,15,18-20H2,1-3H3/t21-,22+,27+/m1/s1. The van der Waals surface area contributed by atoms with E-state index in [1.165, 1.54) is 0 Å². The van der Waals surface area contributed by atoms with Crippen molar-refractivity contribution in [2.75, 3.05) is 26.7 Å². The number of aromatic nitrogens is 2. The van der Waals surface area contributed by atoms with E-state index >= 15 is 0 Å². The van der Waals surface area contributed by atoms with Crippen LogP contribution in [0.4, 0.5) is 0 Å². The van der Waals surface area contributed by atoms with Gasteiger partial charge in [-0.05, 0) is 35.7 Å². The summed E-state index contributed by atoms with van der Waals surface area (Å²) in [5.41, 5.74) is 2.97. The normalized spacial score (nSPS) is 18.3. The molecule has 8 nitrogen and oxygen atoms in total. The van der Waals surface area contributed by atoms with Gasteiger partial charge in [0.15, 0.2) is 0 Å².